The van der Waals surface area contributed by atoms with E-state index in [0.29, 0.717) is 54.3 Å². The van der Waals surface area contributed by atoms with Crippen molar-refractivity contribution in [3.8, 4) is 22.4 Å². The Morgan fingerprint density at radius 2 is 2.00 bits per heavy atom. The third kappa shape index (κ3) is 3.90. The highest BCUT2D eigenvalue weighted by Crippen LogP contribution is 2.56. The van der Waals surface area contributed by atoms with E-state index in [1.165, 1.54) is 0 Å². The third-order valence-corrected chi connectivity index (χ3v) is 10.4. The number of likely N-dealkylation sites (N-methyl/N-ethyl adjacent to an activating group) is 1. The third-order valence-electron chi connectivity index (χ3n) is 10.4. The predicted octanol–water partition coefficient (Wildman–Crippen LogP) is 3.45. The standard InChI is InChI=1S/C33H35N9O3/c1-40-17-20(15-36-40)28-25(18-5-6-22-19(11-18)14-37-42(22)3)26-27-23(16-35-29(26)39-28)41(2)31(45)33(27)10-7-21(12-33)38-30(44)32(8-4-9-32)13-24(34)43/h5-6,11,14-17,21H,4,7-10,12-13H2,1-3H3,(H2,34,43)(H,35,39)(H,38,44)/t21-,33-/m0/s1/i3D3. The highest BCUT2D eigenvalue weighted by molar-refractivity contribution is 6.16. The van der Waals surface area contributed by atoms with Gasteiger partial charge in [0.25, 0.3) is 0 Å². The molecular formula is C33H35N9O3. The number of hydrogen-bond acceptors (Lipinski definition) is 6. The van der Waals surface area contributed by atoms with Gasteiger partial charge in [0, 0.05) is 71.3 Å². The molecule has 0 unspecified atom stereocenters. The molecule has 1 spiro atoms. The first-order valence-corrected chi connectivity index (χ1v) is 15.2. The maximum Gasteiger partial charge on any atom is 0.237 e. The van der Waals surface area contributed by atoms with Gasteiger partial charge in [0.05, 0.1) is 46.3 Å². The lowest BCUT2D eigenvalue weighted by Gasteiger charge is -2.40. The number of aryl methyl sites for hydroxylation is 2. The fourth-order valence-corrected chi connectivity index (χ4v) is 8.01. The number of amides is 3. The number of primary amides is 1. The van der Waals surface area contributed by atoms with E-state index >= 15 is 0 Å². The van der Waals surface area contributed by atoms with Gasteiger partial charge in [-0.15, -0.1) is 0 Å². The molecule has 2 aliphatic carbocycles. The number of H-pyrrole nitrogens is 1. The number of nitrogens with two attached hydrogens (primary N) is 1. The number of anilines is 1. The molecule has 2 fully saturated rings. The number of hydrogen-bond donors (Lipinski definition) is 3. The number of pyridine rings is 1. The summed E-state index contributed by atoms with van der Waals surface area (Å²) in [6, 6.07) is 5.27. The van der Waals surface area contributed by atoms with Gasteiger partial charge < -0.3 is 20.9 Å². The lowest BCUT2D eigenvalue weighted by molar-refractivity contribution is -0.141. The highest BCUT2D eigenvalue weighted by Gasteiger charge is 2.56. The number of benzene rings is 1. The molecule has 2 atom stereocenters. The lowest BCUT2D eigenvalue weighted by atomic mass is 9.65. The van der Waals surface area contributed by atoms with Crippen molar-refractivity contribution < 1.29 is 18.5 Å². The molecule has 12 heteroatoms. The van der Waals surface area contributed by atoms with Gasteiger partial charge in [0.1, 0.15) is 5.65 Å². The Labute approximate surface area is 263 Å². The summed E-state index contributed by atoms with van der Waals surface area (Å²) in [4.78, 5) is 49.6. The quantitative estimate of drug-likeness (QED) is 0.268. The van der Waals surface area contributed by atoms with Crippen LogP contribution in [0.15, 0.2) is 43.0 Å². The molecule has 5 heterocycles. The number of aromatic amines is 1. The van der Waals surface area contributed by atoms with E-state index in [1.54, 1.807) is 41.3 Å². The van der Waals surface area contributed by atoms with E-state index in [0.717, 1.165) is 44.4 Å². The Kier molecular flexibility index (Phi) is 5.14. The van der Waals surface area contributed by atoms with Crippen molar-refractivity contribution in [1.29, 1.82) is 0 Å². The zero-order valence-corrected chi connectivity index (χ0v) is 25.1. The van der Waals surface area contributed by atoms with E-state index in [1.807, 2.05) is 25.4 Å². The van der Waals surface area contributed by atoms with Crippen molar-refractivity contribution in [3.05, 3.63) is 48.5 Å². The Hall–Kier alpha value is -5.00. The summed E-state index contributed by atoms with van der Waals surface area (Å²) in [5.41, 5.74) is 9.66. The van der Waals surface area contributed by atoms with Crippen LogP contribution in [0.4, 0.5) is 5.69 Å². The van der Waals surface area contributed by atoms with Crippen LogP contribution in [0.3, 0.4) is 0 Å². The predicted molar refractivity (Wildman–Crippen MR) is 169 cm³/mol. The van der Waals surface area contributed by atoms with Gasteiger partial charge >= 0.3 is 0 Å². The van der Waals surface area contributed by atoms with Crippen LogP contribution in [-0.2, 0) is 33.8 Å². The van der Waals surface area contributed by atoms with Crippen LogP contribution >= 0.6 is 0 Å². The van der Waals surface area contributed by atoms with E-state index in [9.17, 15) is 14.4 Å². The van der Waals surface area contributed by atoms with Gasteiger partial charge in [0.15, 0.2) is 0 Å². The average molecular weight is 609 g/mol. The summed E-state index contributed by atoms with van der Waals surface area (Å²) in [5, 5.41) is 13.2. The van der Waals surface area contributed by atoms with Crippen LogP contribution in [-0.4, -0.2) is 60.3 Å². The Balaban J connectivity index is 1.28. The van der Waals surface area contributed by atoms with Crippen LogP contribution < -0.4 is 16.0 Å². The van der Waals surface area contributed by atoms with Crippen LogP contribution in [0.2, 0.25) is 0 Å². The number of carbonyl (C=O) groups is 3. The van der Waals surface area contributed by atoms with Crippen LogP contribution in [0.1, 0.15) is 54.6 Å². The zero-order chi connectivity index (χ0) is 33.7. The summed E-state index contributed by atoms with van der Waals surface area (Å²) < 4.78 is 26.4. The fraction of sp³-hybridized carbons (Fsp3) is 0.394. The van der Waals surface area contributed by atoms with E-state index in [2.05, 4.69) is 20.5 Å². The summed E-state index contributed by atoms with van der Waals surface area (Å²) in [6.07, 6.45) is 10.6. The van der Waals surface area contributed by atoms with Crippen molar-refractivity contribution in [2.75, 3.05) is 11.9 Å². The van der Waals surface area contributed by atoms with Crippen molar-refractivity contribution in [1.82, 2.24) is 34.8 Å². The van der Waals surface area contributed by atoms with Gasteiger partial charge in [0.2, 0.25) is 17.7 Å². The van der Waals surface area contributed by atoms with Crippen LogP contribution in [0, 0.1) is 5.41 Å². The first-order chi connectivity index (χ1) is 22.8. The Morgan fingerprint density at radius 1 is 1.16 bits per heavy atom. The molecule has 4 aromatic heterocycles. The van der Waals surface area contributed by atoms with Gasteiger partial charge in [-0.25, -0.2) is 4.98 Å². The SMILES string of the molecule is [2H]C([2H])([2H])n1ncc2cc(-c3c(-c4cnn(C)c4)[nH]c4ncc5c(c34)[C@@]3(CC[C@H](NC(=O)C4(CC(N)=O)CCC4)C3)C(=O)N5C)ccc21. The maximum absolute atomic E-state index is 14.3. The number of fused-ring (bicyclic) bond motifs is 5. The number of nitrogens with one attached hydrogen (secondary N) is 2. The first kappa shape index (κ1) is 24.3. The van der Waals surface area contributed by atoms with Crippen LogP contribution in [0.25, 0.3) is 44.3 Å². The molecule has 3 amide bonds. The molecule has 8 rings (SSSR count). The number of rotatable bonds is 6. The molecule has 0 bridgehead atoms. The largest absolute Gasteiger partial charge is 0.370 e. The molecule has 4 N–H and O–H groups in total. The fourth-order valence-electron chi connectivity index (χ4n) is 8.01. The normalized spacial score (nSPS) is 23.2. The number of aromatic nitrogens is 6. The second-order valence-electron chi connectivity index (χ2n) is 13.0. The Morgan fingerprint density at radius 3 is 2.71 bits per heavy atom. The second-order valence-corrected chi connectivity index (χ2v) is 13.0. The minimum Gasteiger partial charge on any atom is -0.370 e. The smallest absolute Gasteiger partial charge is 0.237 e. The van der Waals surface area contributed by atoms with Crippen LogP contribution in [0.5, 0.6) is 0 Å². The summed E-state index contributed by atoms with van der Waals surface area (Å²) in [5.74, 6) is -0.707. The number of carbonyl (C=O) groups excluding carboxylic acids is 3. The van der Waals surface area contributed by atoms with Crippen molar-refractivity contribution in [3.63, 3.8) is 0 Å². The zero-order valence-electron chi connectivity index (χ0n) is 28.1. The Bertz CT molecular complexity index is 2180. The first-order valence-electron chi connectivity index (χ1n) is 16.7. The topological polar surface area (TPSA) is 157 Å². The molecule has 2 saturated carbocycles. The van der Waals surface area contributed by atoms with E-state index in [4.69, 9.17) is 14.8 Å². The molecule has 3 aliphatic rings. The maximum atomic E-state index is 14.3. The molecule has 0 saturated heterocycles. The monoisotopic (exact) mass is 608 g/mol. The van der Waals surface area contributed by atoms with Crippen molar-refractivity contribution in [2.24, 2.45) is 25.2 Å². The van der Waals surface area contributed by atoms with Gasteiger partial charge in [-0.1, -0.05) is 12.5 Å². The average Bonchev–Trinajstić information content (AvgIpc) is 3.83. The molecule has 1 aliphatic heterocycles. The summed E-state index contributed by atoms with van der Waals surface area (Å²) in [6.45, 7) is -2.43. The molecule has 0 radical (unpaired) electrons. The van der Waals surface area contributed by atoms with Crippen molar-refractivity contribution in [2.45, 2.75) is 56.4 Å². The van der Waals surface area contributed by atoms with Gasteiger partial charge in [-0.3, -0.25) is 23.7 Å². The number of nitrogens with zero attached hydrogens (tertiary/aromatic N) is 6. The minimum atomic E-state index is -2.43. The summed E-state index contributed by atoms with van der Waals surface area (Å²) >= 11 is 0. The van der Waals surface area contributed by atoms with E-state index in [-0.39, 0.29) is 24.3 Å². The second kappa shape index (κ2) is 9.50. The molecule has 1 aromatic carbocycles. The van der Waals surface area contributed by atoms with Gasteiger partial charge in [-0.2, -0.15) is 10.2 Å². The molecule has 5 aromatic rings. The van der Waals surface area contributed by atoms with E-state index < -0.39 is 23.7 Å². The summed E-state index contributed by atoms with van der Waals surface area (Å²) in [7, 11) is 3.60. The molecular weight excluding hydrogens is 570 g/mol. The van der Waals surface area contributed by atoms with Crippen molar-refractivity contribution >= 4 is 45.3 Å². The molecule has 45 heavy (non-hydrogen) atoms. The van der Waals surface area contributed by atoms with Gasteiger partial charge in [-0.05, 0) is 49.8 Å². The highest BCUT2D eigenvalue weighted by atomic mass is 16.2. The lowest BCUT2D eigenvalue weighted by Crippen LogP contribution is -2.50. The molecule has 12 nitrogen and oxygen atoms in total. The minimum absolute atomic E-state index is 0.0208. The molecule has 230 valence electrons.